The van der Waals surface area contributed by atoms with E-state index in [4.69, 9.17) is 5.73 Å². The smallest absolute Gasteiger partial charge is 0.265 e. The third-order valence-corrected chi connectivity index (χ3v) is 3.56. The first-order valence-electron chi connectivity index (χ1n) is 4.87. The standard InChI is InChI=1S/C11H11N3O2S/c12-10-6-7-13-8-11(10)17(15,16)14-9-4-2-1-3-5-9/h1-8,14H,(H2,12,13). The Hall–Kier alpha value is -2.08. The van der Waals surface area contributed by atoms with Crippen molar-refractivity contribution in [1.29, 1.82) is 0 Å². The molecule has 88 valence electrons. The number of hydrogen-bond acceptors (Lipinski definition) is 4. The van der Waals surface area contributed by atoms with Crippen LogP contribution in [-0.2, 0) is 10.0 Å². The van der Waals surface area contributed by atoms with Crippen LogP contribution in [0.4, 0.5) is 11.4 Å². The molecule has 0 saturated carbocycles. The molecule has 1 heterocycles. The summed E-state index contributed by atoms with van der Waals surface area (Å²) in [5.41, 5.74) is 6.25. The van der Waals surface area contributed by atoms with Crippen molar-refractivity contribution in [3.63, 3.8) is 0 Å². The van der Waals surface area contributed by atoms with Crippen LogP contribution in [0.3, 0.4) is 0 Å². The average molecular weight is 249 g/mol. The second-order valence-electron chi connectivity index (χ2n) is 3.39. The van der Waals surface area contributed by atoms with Crippen LogP contribution < -0.4 is 10.5 Å². The molecule has 2 aromatic rings. The minimum Gasteiger partial charge on any atom is -0.398 e. The van der Waals surface area contributed by atoms with Crippen LogP contribution in [0.25, 0.3) is 0 Å². The summed E-state index contributed by atoms with van der Waals surface area (Å²) in [4.78, 5) is 3.73. The lowest BCUT2D eigenvalue weighted by Gasteiger charge is -2.09. The molecular formula is C11H11N3O2S. The van der Waals surface area contributed by atoms with E-state index in [1.807, 2.05) is 0 Å². The predicted octanol–water partition coefficient (Wildman–Crippen LogP) is 1.46. The van der Waals surface area contributed by atoms with Gasteiger partial charge in [0.15, 0.2) is 0 Å². The number of para-hydroxylation sites is 1. The van der Waals surface area contributed by atoms with E-state index in [9.17, 15) is 8.42 Å². The molecule has 0 spiro atoms. The number of nitrogens with one attached hydrogen (secondary N) is 1. The van der Waals surface area contributed by atoms with E-state index in [0.29, 0.717) is 5.69 Å². The zero-order chi connectivity index (χ0) is 12.3. The van der Waals surface area contributed by atoms with Crippen molar-refractivity contribution >= 4 is 21.4 Å². The van der Waals surface area contributed by atoms with Crippen molar-refractivity contribution in [3.05, 3.63) is 48.8 Å². The molecule has 0 saturated heterocycles. The largest absolute Gasteiger partial charge is 0.398 e. The molecule has 1 aromatic carbocycles. The molecule has 0 aliphatic rings. The second kappa shape index (κ2) is 4.42. The van der Waals surface area contributed by atoms with E-state index in [2.05, 4.69) is 9.71 Å². The molecule has 0 unspecified atom stereocenters. The van der Waals surface area contributed by atoms with Gasteiger partial charge in [-0.05, 0) is 18.2 Å². The van der Waals surface area contributed by atoms with Gasteiger partial charge in [-0.3, -0.25) is 9.71 Å². The summed E-state index contributed by atoms with van der Waals surface area (Å²) in [6.07, 6.45) is 2.66. The molecule has 3 N–H and O–H groups in total. The van der Waals surface area contributed by atoms with E-state index >= 15 is 0 Å². The number of nitrogens with two attached hydrogens (primary N) is 1. The number of nitrogen functional groups attached to an aromatic ring is 1. The lowest BCUT2D eigenvalue weighted by Crippen LogP contribution is -2.14. The van der Waals surface area contributed by atoms with Gasteiger partial charge < -0.3 is 5.73 Å². The predicted molar refractivity (Wildman–Crippen MR) is 65.9 cm³/mol. The third kappa shape index (κ3) is 2.54. The molecule has 0 amide bonds. The number of nitrogens with zero attached hydrogens (tertiary/aromatic N) is 1. The minimum atomic E-state index is -3.68. The maximum absolute atomic E-state index is 12.0. The number of benzene rings is 1. The molecule has 0 aliphatic carbocycles. The van der Waals surface area contributed by atoms with E-state index < -0.39 is 10.0 Å². The number of rotatable bonds is 3. The van der Waals surface area contributed by atoms with E-state index in [1.54, 1.807) is 30.3 Å². The zero-order valence-electron chi connectivity index (χ0n) is 8.87. The highest BCUT2D eigenvalue weighted by molar-refractivity contribution is 7.92. The van der Waals surface area contributed by atoms with Crippen LogP contribution in [-0.4, -0.2) is 13.4 Å². The summed E-state index contributed by atoms with van der Waals surface area (Å²) in [6.45, 7) is 0. The molecule has 0 radical (unpaired) electrons. The maximum Gasteiger partial charge on any atom is 0.265 e. The molecule has 0 aliphatic heterocycles. The first kappa shape index (κ1) is 11.4. The fourth-order valence-corrected chi connectivity index (χ4v) is 2.47. The van der Waals surface area contributed by atoms with Crippen LogP contribution in [0.2, 0.25) is 0 Å². The number of pyridine rings is 1. The molecule has 6 heteroatoms. The van der Waals surface area contributed by atoms with Crippen molar-refractivity contribution in [2.24, 2.45) is 0 Å². The monoisotopic (exact) mass is 249 g/mol. The number of sulfonamides is 1. The molecule has 5 nitrogen and oxygen atoms in total. The fourth-order valence-electron chi connectivity index (χ4n) is 1.33. The van der Waals surface area contributed by atoms with Gasteiger partial charge in [-0.1, -0.05) is 18.2 Å². The van der Waals surface area contributed by atoms with Gasteiger partial charge in [-0.15, -0.1) is 0 Å². The molecule has 0 fully saturated rings. The lowest BCUT2D eigenvalue weighted by molar-refractivity contribution is 0.601. The highest BCUT2D eigenvalue weighted by Gasteiger charge is 2.17. The van der Waals surface area contributed by atoms with Gasteiger partial charge in [-0.2, -0.15) is 0 Å². The van der Waals surface area contributed by atoms with Crippen molar-refractivity contribution in [1.82, 2.24) is 4.98 Å². The highest BCUT2D eigenvalue weighted by atomic mass is 32.2. The Morgan fingerprint density at radius 2 is 1.82 bits per heavy atom. The second-order valence-corrected chi connectivity index (χ2v) is 5.04. The maximum atomic E-state index is 12.0. The van der Waals surface area contributed by atoms with Crippen LogP contribution in [0.15, 0.2) is 53.7 Å². The Morgan fingerprint density at radius 3 is 2.47 bits per heavy atom. The number of aromatic nitrogens is 1. The molecule has 1 aromatic heterocycles. The zero-order valence-corrected chi connectivity index (χ0v) is 9.68. The van der Waals surface area contributed by atoms with Crippen LogP contribution in [0.5, 0.6) is 0 Å². The Kier molecular flexibility index (Phi) is 2.97. The van der Waals surface area contributed by atoms with E-state index in [-0.39, 0.29) is 10.6 Å². The topological polar surface area (TPSA) is 85.1 Å². The summed E-state index contributed by atoms with van der Waals surface area (Å²) >= 11 is 0. The Balaban J connectivity index is 2.36. The highest BCUT2D eigenvalue weighted by Crippen LogP contribution is 2.19. The van der Waals surface area contributed by atoms with Crippen LogP contribution >= 0.6 is 0 Å². The quantitative estimate of drug-likeness (QED) is 0.862. The first-order valence-corrected chi connectivity index (χ1v) is 6.35. The van der Waals surface area contributed by atoms with Crippen LogP contribution in [0.1, 0.15) is 0 Å². The number of anilines is 2. The first-order chi connectivity index (χ1) is 8.09. The van der Waals surface area contributed by atoms with Crippen molar-refractivity contribution in [3.8, 4) is 0 Å². The van der Waals surface area contributed by atoms with Gasteiger partial charge in [-0.25, -0.2) is 8.42 Å². The summed E-state index contributed by atoms with van der Waals surface area (Å²) in [6, 6.07) is 10.0. The van der Waals surface area contributed by atoms with Gasteiger partial charge >= 0.3 is 0 Å². The minimum absolute atomic E-state index is 0.0242. The van der Waals surface area contributed by atoms with Gasteiger partial charge in [0.05, 0.1) is 5.69 Å². The molecule has 0 bridgehead atoms. The Bertz CT molecular complexity index is 612. The average Bonchev–Trinajstić information content (AvgIpc) is 2.30. The van der Waals surface area contributed by atoms with Gasteiger partial charge in [0.1, 0.15) is 4.90 Å². The number of hydrogen-bond donors (Lipinski definition) is 2. The molecular weight excluding hydrogens is 238 g/mol. The van der Waals surface area contributed by atoms with Crippen molar-refractivity contribution in [2.75, 3.05) is 10.5 Å². The third-order valence-electron chi connectivity index (χ3n) is 2.13. The van der Waals surface area contributed by atoms with Crippen LogP contribution in [0, 0.1) is 0 Å². The SMILES string of the molecule is Nc1ccncc1S(=O)(=O)Nc1ccccc1. The van der Waals surface area contributed by atoms with Gasteiger partial charge in [0, 0.05) is 18.1 Å². The van der Waals surface area contributed by atoms with Crippen molar-refractivity contribution < 1.29 is 8.42 Å². The summed E-state index contributed by atoms with van der Waals surface area (Å²) < 4.78 is 26.4. The Labute approximate surface area is 99.4 Å². The Morgan fingerprint density at radius 1 is 1.12 bits per heavy atom. The van der Waals surface area contributed by atoms with Crippen molar-refractivity contribution in [2.45, 2.75) is 4.90 Å². The fraction of sp³-hybridized carbons (Fsp3) is 0. The van der Waals surface area contributed by atoms with E-state index in [0.717, 1.165) is 0 Å². The summed E-state index contributed by atoms with van der Waals surface area (Å²) in [5.74, 6) is 0. The lowest BCUT2D eigenvalue weighted by atomic mass is 10.3. The van der Waals surface area contributed by atoms with Gasteiger partial charge in [0.2, 0.25) is 0 Å². The van der Waals surface area contributed by atoms with E-state index in [1.165, 1.54) is 18.5 Å². The molecule has 17 heavy (non-hydrogen) atoms. The molecule has 0 atom stereocenters. The summed E-state index contributed by atoms with van der Waals surface area (Å²) in [5, 5.41) is 0. The molecule has 2 rings (SSSR count). The van der Waals surface area contributed by atoms with Gasteiger partial charge in [0.25, 0.3) is 10.0 Å². The normalized spacial score (nSPS) is 11.1. The summed E-state index contributed by atoms with van der Waals surface area (Å²) in [7, 11) is -3.68.